The van der Waals surface area contributed by atoms with Crippen LogP contribution in [0.5, 0.6) is 0 Å². The SMILES string of the molecule is Cc1ccccc1-c1no[n+]([O-])c1N. The van der Waals surface area contributed by atoms with Crippen LogP contribution in [0, 0.1) is 12.1 Å². The third kappa shape index (κ3) is 1.19. The predicted molar refractivity (Wildman–Crippen MR) is 50.0 cm³/mol. The number of rotatable bonds is 1. The molecule has 0 radical (unpaired) electrons. The van der Waals surface area contributed by atoms with Gasteiger partial charge in [-0.15, -0.1) is 0 Å². The molecular formula is C9H9N3O2. The summed E-state index contributed by atoms with van der Waals surface area (Å²) in [5.41, 5.74) is 7.69. The highest BCUT2D eigenvalue weighted by molar-refractivity contribution is 5.70. The van der Waals surface area contributed by atoms with E-state index < -0.39 is 0 Å². The summed E-state index contributed by atoms with van der Waals surface area (Å²) in [6, 6.07) is 7.51. The molecule has 0 fully saturated rings. The number of benzene rings is 1. The van der Waals surface area contributed by atoms with Crippen LogP contribution in [0.15, 0.2) is 28.9 Å². The molecule has 0 bridgehead atoms. The van der Waals surface area contributed by atoms with Crippen molar-refractivity contribution in [3.63, 3.8) is 0 Å². The Morgan fingerprint density at radius 3 is 2.71 bits per heavy atom. The lowest BCUT2D eigenvalue weighted by atomic mass is 10.1. The second-order valence-corrected chi connectivity index (χ2v) is 2.98. The van der Waals surface area contributed by atoms with E-state index in [1.807, 2.05) is 31.2 Å². The van der Waals surface area contributed by atoms with Crippen molar-refractivity contribution in [1.29, 1.82) is 0 Å². The average molecular weight is 191 g/mol. The molecule has 0 aliphatic rings. The zero-order valence-corrected chi connectivity index (χ0v) is 7.60. The lowest BCUT2D eigenvalue weighted by Crippen LogP contribution is -2.26. The lowest BCUT2D eigenvalue weighted by Gasteiger charge is -1.98. The van der Waals surface area contributed by atoms with Crippen molar-refractivity contribution in [2.24, 2.45) is 0 Å². The van der Waals surface area contributed by atoms with Gasteiger partial charge in [-0.3, -0.25) is 0 Å². The molecule has 2 N–H and O–H groups in total. The summed E-state index contributed by atoms with van der Waals surface area (Å²) in [4.78, 5) is 0.196. The number of hydrogen-bond acceptors (Lipinski definition) is 4. The molecule has 0 aliphatic carbocycles. The molecule has 0 aliphatic heterocycles. The van der Waals surface area contributed by atoms with Crippen LogP contribution in [-0.4, -0.2) is 5.16 Å². The van der Waals surface area contributed by atoms with E-state index in [1.54, 1.807) is 0 Å². The maximum atomic E-state index is 10.9. The summed E-state index contributed by atoms with van der Waals surface area (Å²) in [7, 11) is 0. The number of aryl methyl sites for hydroxylation is 1. The van der Waals surface area contributed by atoms with Gasteiger partial charge in [0.15, 0.2) is 0 Å². The van der Waals surface area contributed by atoms with Gasteiger partial charge in [0.05, 0.1) is 0 Å². The Morgan fingerprint density at radius 1 is 1.43 bits per heavy atom. The van der Waals surface area contributed by atoms with Gasteiger partial charge in [0, 0.05) is 5.56 Å². The van der Waals surface area contributed by atoms with E-state index in [0.29, 0.717) is 5.69 Å². The summed E-state index contributed by atoms with van der Waals surface area (Å²) in [6.07, 6.45) is 0. The van der Waals surface area contributed by atoms with E-state index in [2.05, 4.69) is 9.79 Å². The van der Waals surface area contributed by atoms with Crippen LogP contribution in [0.4, 0.5) is 5.82 Å². The van der Waals surface area contributed by atoms with Crippen LogP contribution < -0.4 is 10.6 Å². The van der Waals surface area contributed by atoms with Gasteiger partial charge in [-0.1, -0.05) is 29.2 Å². The van der Waals surface area contributed by atoms with E-state index in [4.69, 9.17) is 5.73 Å². The molecule has 2 rings (SSSR count). The second-order valence-electron chi connectivity index (χ2n) is 2.98. The van der Waals surface area contributed by atoms with Crippen LogP contribution in [0.25, 0.3) is 11.3 Å². The molecule has 0 amide bonds. The Kier molecular flexibility index (Phi) is 1.85. The molecule has 1 heterocycles. The number of aromatic nitrogens is 2. The Hall–Kier alpha value is -2.04. The standard InChI is InChI=1S/C9H9N3O2/c1-6-4-2-3-5-7(6)8-9(10)12(13)14-11-8/h2-5H,10H2,1H3. The van der Waals surface area contributed by atoms with Crippen molar-refractivity contribution in [2.75, 3.05) is 5.73 Å². The third-order valence-corrected chi connectivity index (χ3v) is 2.05. The average Bonchev–Trinajstić information content (AvgIpc) is 2.49. The van der Waals surface area contributed by atoms with Gasteiger partial charge in [-0.2, -0.15) is 0 Å². The van der Waals surface area contributed by atoms with Crippen molar-refractivity contribution < 1.29 is 9.53 Å². The van der Waals surface area contributed by atoms with E-state index in [1.165, 1.54) is 0 Å². The van der Waals surface area contributed by atoms with E-state index >= 15 is 0 Å². The molecule has 0 unspecified atom stereocenters. The van der Waals surface area contributed by atoms with E-state index in [0.717, 1.165) is 11.1 Å². The summed E-state index contributed by atoms with van der Waals surface area (Å²) in [5.74, 6) is -0.0145. The minimum Gasteiger partial charge on any atom is -0.391 e. The number of hydrogen-bond donors (Lipinski definition) is 1. The smallest absolute Gasteiger partial charge is 0.300 e. The zero-order chi connectivity index (χ0) is 10.1. The molecule has 0 atom stereocenters. The predicted octanol–water partition coefficient (Wildman–Crippen LogP) is 0.866. The Labute approximate surface area is 80.3 Å². The monoisotopic (exact) mass is 191 g/mol. The normalized spacial score (nSPS) is 10.4. The zero-order valence-electron chi connectivity index (χ0n) is 7.60. The van der Waals surface area contributed by atoms with Crippen molar-refractivity contribution in [1.82, 2.24) is 5.16 Å². The first-order chi connectivity index (χ1) is 6.70. The van der Waals surface area contributed by atoms with E-state index in [9.17, 15) is 5.21 Å². The first kappa shape index (κ1) is 8.55. The minimum absolute atomic E-state index is 0.0145. The van der Waals surface area contributed by atoms with Gasteiger partial charge in [0.2, 0.25) is 5.69 Å². The molecule has 1 aromatic carbocycles. The van der Waals surface area contributed by atoms with Gasteiger partial charge < -0.3 is 15.6 Å². The minimum atomic E-state index is -0.0145. The van der Waals surface area contributed by atoms with Gasteiger partial charge in [0.1, 0.15) is 0 Å². The molecule has 1 aromatic heterocycles. The highest BCUT2D eigenvalue weighted by Crippen LogP contribution is 2.23. The van der Waals surface area contributed by atoms with Crippen molar-refractivity contribution >= 4 is 5.82 Å². The Balaban J connectivity index is 2.60. The number of nitrogens with two attached hydrogens (primary N) is 1. The van der Waals surface area contributed by atoms with Crippen LogP contribution in [0.1, 0.15) is 5.56 Å². The number of nitrogen functional groups attached to an aromatic ring is 1. The molecule has 0 saturated carbocycles. The Bertz CT molecular complexity index is 465. The van der Waals surface area contributed by atoms with Crippen LogP contribution in [-0.2, 0) is 0 Å². The highest BCUT2D eigenvalue weighted by Gasteiger charge is 2.16. The molecule has 5 nitrogen and oxygen atoms in total. The fourth-order valence-electron chi connectivity index (χ4n) is 1.28. The highest BCUT2D eigenvalue weighted by atomic mass is 16.8. The first-order valence-corrected chi connectivity index (χ1v) is 4.11. The fraction of sp³-hybridized carbons (Fsp3) is 0.111. The second kappa shape index (κ2) is 3.02. The van der Waals surface area contributed by atoms with Crippen LogP contribution in [0.2, 0.25) is 0 Å². The molecule has 72 valence electrons. The van der Waals surface area contributed by atoms with Gasteiger partial charge in [0.25, 0.3) is 5.82 Å². The van der Waals surface area contributed by atoms with Crippen molar-refractivity contribution in [3.05, 3.63) is 35.0 Å². The third-order valence-electron chi connectivity index (χ3n) is 2.05. The van der Waals surface area contributed by atoms with Crippen LogP contribution >= 0.6 is 0 Å². The first-order valence-electron chi connectivity index (χ1n) is 4.11. The molecule has 5 heteroatoms. The largest absolute Gasteiger partial charge is 0.391 e. The maximum Gasteiger partial charge on any atom is 0.300 e. The molecule has 0 spiro atoms. The number of nitrogens with zero attached hydrogens (tertiary/aromatic N) is 2. The van der Waals surface area contributed by atoms with E-state index in [-0.39, 0.29) is 10.7 Å². The fourth-order valence-corrected chi connectivity index (χ4v) is 1.28. The quantitative estimate of drug-likeness (QED) is 0.678. The molecule has 14 heavy (non-hydrogen) atoms. The van der Waals surface area contributed by atoms with Gasteiger partial charge in [-0.25, -0.2) is 0 Å². The summed E-state index contributed by atoms with van der Waals surface area (Å²) in [6.45, 7) is 1.92. The van der Waals surface area contributed by atoms with Gasteiger partial charge >= 0.3 is 0 Å². The topological polar surface area (TPSA) is 79.0 Å². The molecule has 0 saturated heterocycles. The summed E-state index contributed by atoms with van der Waals surface area (Å²) in [5, 5.41) is 14.5. The molecule has 2 aromatic rings. The summed E-state index contributed by atoms with van der Waals surface area (Å²) < 4.78 is 4.39. The van der Waals surface area contributed by atoms with Gasteiger partial charge in [-0.05, 0) is 17.6 Å². The van der Waals surface area contributed by atoms with Crippen molar-refractivity contribution in [3.8, 4) is 11.3 Å². The lowest BCUT2D eigenvalue weighted by molar-refractivity contribution is -0.790. The Morgan fingerprint density at radius 2 is 2.14 bits per heavy atom. The van der Waals surface area contributed by atoms with Crippen LogP contribution in [0.3, 0.4) is 0 Å². The summed E-state index contributed by atoms with van der Waals surface area (Å²) >= 11 is 0. The number of anilines is 1. The van der Waals surface area contributed by atoms with Crippen molar-refractivity contribution in [2.45, 2.75) is 6.92 Å². The maximum absolute atomic E-state index is 10.9. The molecular weight excluding hydrogens is 182 g/mol.